The van der Waals surface area contributed by atoms with Crippen molar-refractivity contribution in [1.29, 1.82) is 0 Å². The quantitative estimate of drug-likeness (QED) is 0.0156. The van der Waals surface area contributed by atoms with Gasteiger partial charge >= 0.3 is 11.9 Å². The number of carbonyl (C=O) groups excluding carboxylic acids is 7. The van der Waals surface area contributed by atoms with E-state index < -0.39 is 35.8 Å². The van der Waals surface area contributed by atoms with Crippen molar-refractivity contribution < 1.29 is 67.1 Å². The molecule has 3 aromatic carbocycles. The maximum atomic E-state index is 13.6. The second-order valence-corrected chi connectivity index (χ2v) is 21.8. The lowest BCUT2D eigenvalue weighted by atomic mass is 10.0. The largest absolute Gasteiger partial charge is 0.491 e. The number of hydrogen-bond donors (Lipinski definition) is 4. The van der Waals surface area contributed by atoms with Crippen LogP contribution in [0.4, 0.5) is 11.4 Å². The zero-order valence-electron chi connectivity index (χ0n) is 48.0. The molecule has 5 heterocycles. The Morgan fingerprint density at radius 1 is 0.671 bits per heavy atom. The van der Waals surface area contributed by atoms with E-state index >= 15 is 0 Å². The Morgan fingerprint density at radius 2 is 1.35 bits per heavy atom. The predicted octanol–water partition coefficient (Wildman–Crippen LogP) is 8.06. The first-order valence-electron chi connectivity index (χ1n) is 27.9. The lowest BCUT2D eigenvalue weighted by Gasteiger charge is -2.26. The standard InChI is InChI=1S/C63H67N7O14S/c1-38(2)59(68-54(72)17-10-11-18-56(74)70-35-43-15-7-6-13-41(43)21-22-42-14-8-9-16-48(42)70)61(79)64-39(3)60(78)65-45-23-19-40(20-24-45)37-84-58(77)28-26-55(73)69-34-44-31-50(80-4)62(67-47(44)36-69)82-29-12-30-83-63-51(81-5)33-52-46(66-63)32-53(85-52)49(71)25-27-57(75)76/h6-9,13-16,19-20,23-24,31-33,38-39,59H,10-12,17-18,25-30,34-37H2,1-5H3,(H,64,79)(H,65,78)(H,68,72)(H,75,76)/t39-,59-/m0/s1. The number of benzene rings is 3. The fourth-order valence-corrected chi connectivity index (χ4v) is 10.3. The van der Waals surface area contributed by atoms with Gasteiger partial charge in [-0.3, -0.25) is 38.4 Å². The van der Waals surface area contributed by atoms with Gasteiger partial charge in [0.15, 0.2) is 17.3 Å². The van der Waals surface area contributed by atoms with Crippen LogP contribution < -0.4 is 39.8 Å². The average molecular weight is 1180 g/mol. The van der Waals surface area contributed by atoms with Crippen LogP contribution >= 0.6 is 11.3 Å². The molecule has 2 aliphatic rings. The molecular weight excluding hydrogens is 1110 g/mol. The maximum Gasteiger partial charge on any atom is 0.306 e. The number of ether oxygens (including phenoxy) is 5. The fourth-order valence-electron chi connectivity index (χ4n) is 9.35. The third-order valence-electron chi connectivity index (χ3n) is 14.1. The summed E-state index contributed by atoms with van der Waals surface area (Å²) in [6.07, 6.45) is 1.02. The number of para-hydroxylation sites is 1. The van der Waals surface area contributed by atoms with Crippen LogP contribution in [0.3, 0.4) is 0 Å². The van der Waals surface area contributed by atoms with Crippen molar-refractivity contribution in [3.8, 4) is 35.1 Å². The van der Waals surface area contributed by atoms with Crippen molar-refractivity contribution in [2.45, 2.75) is 117 Å². The van der Waals surface area contributed by atoms with E-state index in [1.807, 2.05) is 48.5 Å². The van der Waals surface area contributed by atoms with Crippen LogP contribution in [0, 0.1) is 17.8 Å². The number of thiophene rings is 1. The second-order valence-electron chi connectivity index (χ2n) is 20.7. The molecular formula is C63H67N7O14S. The summed E-state index contributed by atoms with van der Waals surface area (Å²) in [6.45, 7) is 6.30. The third-order valence-corrected chi connectivity index (χ3v) is 15.2. The third kappa shape index (κ3) is 16.7. The van der Waals surface area contributed by atoms with Crippen LogP contribution in [0.25, 0.3) is 10.2 Å². The summed E-state index contributed by atoms with van der Waals surface area (Å²) in [6, 6.07) is 25.2. The monoisotopic (exact) mass is 1180 g/mol. The molecule has 0 spiro atoms. The number of Topliss-reactive ketones (excluding diaryl/α,β-unsaturated/α-hetero) is 1. The number of esters is 1. The van der Waals surface area contributed by atoms with Gasteiger partial charge in [-0.2, -0.15) is 0 Å². The number of nitrogens with one attached hydrogen (secondary N) is 3. The van der Waals surface area contributed by atoms with E-state index in [2.05, 4.69) is 37.8 Å². The first-order chi connectivity index (χ1) is 41.0. The highest BCUT2D eigenvalue weighted by molar-refractivity contribution is 7.20. The summed E-state index contributed by atoms with van der Waals surface area (Å²) in [7, 11) is 2.97. The SMILES string of the molecule is COc1cc2c(nc1OCCCOc1nc3cc(C(=O)CCC(=O)O)sc3cc1OC)CN(C(=O)CCC(=O)OCc1ccc(NC(=O)[C@H](C)NC(=O)[C@@H](NC(=O)CCCCC(=O)N3Cc4ccccc4C#Cc4ccccc43)C(C)C)cc1)C2. The van der Waals surface area contributed by atoms with Gasteiger partial charge in [0.25, 0.3) is 11.8 Å². The van der Waals surface area contributed by atoms with Crippen LogP contribution in [0.1, 0.15) is 122 Å². The Balaban J connectivity index is 0.710. The topological polar surface area (TPSA) is 271 Å². The first-order valence-corrected chi connectivity index (χ1v) is 28.8. The van der Waals surface area contributed by atoms with Gasteiger partial charge in [0.2, 0.25) is 29.5 Å². The van der Waals surface area contributed by atoms with Crippen LogP contribution in [-0.4, -0.2) is 107 Å². The van der Waals surface area contributed by atoms with Crippen molar-refractivity contribution in [3.05, 3.63) is 129 Å². The number of pyridine rings is 2. The van der Waals surface area contributed by atoms with E-state index in [9.17, 15) is 38.4 Å². The molecule has 22 heteroatoms. The van der Waals surface area contributed by atoms with E-state index in [-0.39, 0.29) is 113 Å². The molecule has 8 rings (SSSR count). The van der Waals surface area contributed by atoms with Gasteiger partial charge < -0.3 is 54.5 Å². The van der Waals surface area contributed by atoms with Crippen molar-refractivity contribution >= 4 is 80.2 Å². The molecule has 0 radical (unpaired) electrons. The number of fused-ring (bicyclic) bond motifs is 4. The van der Waals surface area contributed by atoms with E-state index in [0.717, 1.165) is 27.9 Å². The summed E-state index contributed by atoms with van der Waals surface area (Å²) < 4.78 is 29.0. The van der Waals surface area contributed by atoms with Crippen molar-refractivity contribution in [2.24, 2.45) is 5.92 Å². The zero-order chi connectivity index (χ0) is 60.6. The highest BCUT2D eigenvalue weighted by Gasteiger charge is 2.30. The van der Waals surface area contributed by atoms with E-state index in [1.165, 1.54) is 32.5 Å². The Bertz CT molecular complexity index is 3540. The van der Waals surface area contributed by atoms with Crippen LogP contribution in [-0.2, 0) is 64.5 Å². The smallest absolute Gasteiger partial charge is 0.306 e. The number of nitrogens with zero attached hydrogens (tertiary/aromatic N) is 4. The molecule has 3 aromatic heterocycles. The normalized spacial score (nSPS) is 12.9. The molecule has 21 nitrogen and oxygen atoms in total. The molecule has 2 atom stereocenters. The van der Waals surface area contributed by atoms with E-state index in [0.29, 0.717) is 69.3 Å². The number of aliphatic carboxylic acids is 1. The molecule has 85 heavy (non-hydrogen) atoms. The van der Waals surface area contributed by atoms with Crippen LogP contribution in [0.2, 0.25) is 0 Å². The van der Waals surface area contributed by atoms with Crippen LogP contribution in [0.15, 0.2) is 91.0 Å². The minimum absolute atomic E-state index is 0.0697. The number of aromatic nitrogens is 2. The molecule has 0 saturated carbocycles. The molecule has 0 aliphatic carbocycles. The Labute approximate surface area is 495 Å². The number of carboxylic acids is 1. The van der Waals surface area contributed by atoms with Gasteiger partial charge in [-0.25, -0.2) is 9.97 Å². The van der Waals surface area contributed by atoms with Gasteiger partial charge in [-0.05, 0) is 84.8 Å². The minimum Gasteiger partial charge on any atom is -0.491 e. The molecule has 0 unspecified atom stereocenters. The zero-order valence-corrected chi connectivity index (χ0v) is 48.8. The van der Waals surface area contributed by atoms with E-state index in [1.54, 1.807) is 66.1 Å². The summed E-state index contributed by atoms with van der Waals surface area (Å²) in [5.41, 5.74) is 6.33. The predicted molar refractivity (Wildman–Crippen MR) is 315 cm³/mol. The van der Waals surface area contributed by atoms with Gasteiger partial charge in [-0.15, -0.1) is 11.3 Å². The number of methoxy groups -OCH3 is 2. The van der Waals surface area contributed by atoms with Gasteiger partial charge in [0.1, 0.15) is 18.7 Å². The molecule has 0 fully saturated rings. The highest BCUT2D eigenvalue weighted by atomic mass is 32.1. The lowest BCUT2D eigenvalue weighted by Crippen LogP contribution is -2.53. The number of anilines is 2. The summed E-state index contributed by atoms with van der Waals surface area (Å²) in [5, 5.41) is 17.2. The second kappa shape index (κ2) is 29.2. The van der Waals surface area contributed by atoms with Crippen molar-refractivity contribution in [2.75, 3.05) is 37.7 Å². The Hall–Kier alpha value is -9.36. The van der Waals surface area contributed by atoms with Gasteiger partial charge in [-0.1, -0.05) is 68.2 Å². The average Bonchev–Trinajstić information content (AvgIpc) is 3.27. The summed E-state index contributed by atoms with van der Waals surface area (Å²) in [5.74, 6) is 3.77. The molecule has 2 aliphatic heterocycles. The number of unbranched alkanes of at least 4 members (excludes halogenated alkanes) is 1. The summed E-state index contributed by atoms with van der Waals surface area (Å²) in [4.78, 5) is 116. The first kappa shape index (κ1) is 61.7. The number of rotatable bonds is 28. The maximum absolute atomic E-state index is 13.6. The van der Waals surface area contributed by atoms with Crippen molar-refractivity contribution in [3.63, 3.8) is 0 Å². The van der Waals surface area contributed by atoms with E-state index in [4.69, 9.17) is 28.8 Å². The molecule has 5 amide bonds. The lowest BCUT2D eigenvalue weighted by molar-refractivity contribution is -0.147. The molecule has 0 bridgehead atoms. The number of hydrogen-bond acceptors (Lipinski definition) is 16. The van der Waals surface area contributed by atoms with Crippen LogP contribution in [0.5, 0.6) is 23.3 Å². The van der Waals surface area contributed by atoms with Gasteiger partial charge in [0.05, 0.1) is 79.8 Å². The molecule has 444 valence electrons. The number of ketones is 1. The fraction of sp³-hybridized carbons (Fsp3) is 0.365. The summed E-state index contributed by atoms with van der Waals surface area (Å²) >= 11 is 1.20. The number of amides is 5. The molecule has 0 saturated heterocycles. The Morgan fingerprint density at radius 3 is 2.08 bits per heavy atom. The number of carbonyl (C=O) groups is 8. The van der Waals surface area contributed by atoms with Gasteiger partial charge in [0, 0.05) is 61.5 Å². The van der Waals surface area contributed by atoms with Crippen molar-refractivity contribution in [1.82, 2.24) is 25.5 Å². The molecule has 4 N–H and O–H groups in total. The molecule has 6 aromatic rings. The minimum atomic E-state index is -1.05. The number of carboxylic acid groups (broad SMARTS) is 1. The highest BCUT2D eigenvalue weighted by Crippen LogP contribution is 2.36. The Kier molecular flexibility index (Phi) is 21.2.